The molecular weight excluding hydrogens is 285 g/mol. The van der Waals surface area contributed by atoms with Crippen LogP contribution in [0.4, 0.5) is 11.6 Å². The topological polar surface area (TPSA) is 78.1 Å². The van der Waals surface area contributed by atoms with E-state index in [-0.39, 0.29) is 5.88 Å². The maximum Gasteiger partial charge on any atom is 0.214 e. The highest BCUT2D eigenvalue weighted by atomic mass is 35.5. The van der Waals surface area contributed by atoms with Crippen LogP contribution in [0.5, 0.6) is 0 Å². The van der Waals surface area contributed by atoms with Gasteiger partial charge in [-0.2, -0.15) is 0 Å². The Morgan fingerprint density at radius 2 is 1.84 bits per heavy atom. The number of furan rings is 1. The molecule has 2 aromatic heterocycles. The van der Waals surface area contributed by atoms with E-state index in [9.17, 15) is 0 Å². The molecule has 4 N–H and O–H groups in total. The molecule has 3 rings (SSSR count). The van der Waals surface area contributed by atoms with Crippen molar-refractivity contribution in [1.82, 2.24) is 4.98 Å². The molecule has 0 aliphatic carbocycles. The highest BCUT2D eigenvalue weighted by Gasteiger charge is 2.16. The number of aromatic nitrogens is 1. The number of nitrogens with zero attached hydrogens (tertiary/aromatic N) is 1. The van der Waals surface area contributed by atoms with Crippen LogP contribution in [0.15, 0.2) is 35.0 Å². The first-order valence-electron chi connectivity index (χ1n) is 5.45. The van der Waals surface area contributed by atoms with Gasteiger partial charge in [0.1, 0.15) is 5.69 Å². The van der Waals surface area contributed by atoms with Crippen molar-refractivity contribution in [2.24, 2.45) is 0 Å². The van der Waals surface area contributed by atoms with Gasteiger partial charge in [0.2, 0.25) is 5.88 Å². The summed E-state index contributed by atoms with van der Waals surface area (Å²) in [5.41, 5.74) is 14.0. The van der Waals surface area contributed by atoms with Gasteiger partial charge in [0.15, 0.2) is 5.58 Å². The molecule has 0 aliphatic heterocycles. The zero-order valence-corrected chi connectivity index (χ0v) is 11.2. The molecule has 19 heavy (non-hydrogen) atoms. The third kappa shape index (κ3) is 1.89. The smallest absolute Gasteiger partial charge is 0.214 e. The van der Waals surface area contributed by atoms with Crippen LogP contribution >= 0.6 is 23.2 Å². The van der Waals surface area contributed by atoms with Crippen molar-refractivity contribution in [3.05, 3.63) is 40.6 Å². The molecule has 0 saturated carbocycles. The number of hydrogen-bond donors (Lipinski definition) is 2. The van der Waals surface area contributed by atoms with E-state index < -0.39 is 0 Å². The second-order valence-electron chi connectivity index (χ2n) is 4.06. The summed E-state index contributed by atoms with van der Waals surface area (Å²) in [6.45, 7) is 0. The number of halogens is 2. The van der Waals surface area contributed by atoms with Crippen molar-refractivity contribution in [2.75, 3.05) is 11.5 Å². The highest BCUT2D eigenvalue weighted by Crippen LogP contribution is 2.40. The fourth-order valence-electron chi connectivity index (χ4n) is 2.00. The number of nitrogens with two attached hydrogens (primary N) is 2. The fraction of sp³-hybridized carbons (Fsp3) is 0. The Morgan fingerprint density at radius 3 is 2.63 bits per heavy atom. The van der Waals surface area contributed by atoms with E-state index in [1.807, 2.05) is 0 Å². The predicted molar refractivity (Wildman–Crippen MR) is 78.3 cm³/mol. The Kier molecular flexibility index (Phi) is 2.77. The molecule has 0 saturated heterocycles. The summed E-state index contributed by atoms with van der Waals surface area (Å²) in [5, 5.41) is 1.82. The molecule has 0 amide bonds. The largest absolute Gasteiger partial charge is 0.437 e. The van der Waals surface area contributed by atoms with Gasteiger partial charge >= 0.3 is 0 Å². The van der Waals surface area contributed by atoms with Crippen molar-refractivity contribution >= 4 is 45.7 Å². The first-order valence-corrected chi connectivity index (χ1v) is 6.20. The van der Waals surface area contributed by atoms with Crippen LogP contribution in [-0.2, 0) is 0 Å². The van der Waals surface area contributed by atoms with Gasteiger partial charge in [-0.05, 0) is 18.2 Å². The van der Waals surface area contributed by atoms with Crippen LogP contribution < -0.4 is 11.5 Å². The minimum absolute atomic E-state index is 0.169. The van der Waals surface area contributed by atoms with Crippen LogP contribution in [0.3, 0.4) is 0 Å². The predicted octanol–water partition coefficient (Wildman–Crippen LogP) is 3.97. The van der Waals surface area contributed by atoms with Crippen molar-refractivity contribution in [1.29, 1.82) is 0 Å². The van der Waals surface area contributed by atoms with E-state index in [0.29, 0.717) is 26.7 Å². The average Bonchev–Trinajstić information content (AvgIpc) is 2.68. The Labute approximate surface area is 118 Å². The summed E-state index contributed by atoms with van der Waals surface area (Å²) in [6.07, 6.45) is 3.22. The van der Waals surface area contributed by atoms with E-state index in [0.717, 1.165) is 11.1 Å². The van der Waals surface area contributed by atoms with E-state index in [1.165, 1.54) is 0 Å². The van der Waals surface area contributed by atoms with Gasteiger partial charge in [0.25, 0.3) is 0 Å². The first-order chi connectivity index (χ1) is 9.08. The molecule has 2 heterocycles. The SMILES string of the molecule is Nc1oc2cncc(-c3cc(Cl)ccc3Cl)c2c1N. The zero-order chi connectivity index (χ0) is 13.6. The van der Waals surface area contributed by atoms with Crippen LogP contribution in [0.1, 0.15) is 0 Å². The number of nitrogen functional groups attached to an aromatic ring is 2. The van der Waals surface area contributed by atoms with E-state index >= 15 is 0 Å². The maximum absolute atomic E-state index is 6.20. The van der Waals surface area contributed by atoms with Gasteiger partial charge in [0.05, 0.1) is 11.6 Å². The Morgan fingerprint density at radius 1 is 1.05 bits per heavy atom. The molecule has 1 aromatic carbocycles. The summed E-state index contributed by atoms with van der Waals surface area (Å²) < 4.78 is 5.35. The third-order valence-electron chi connectivity index (χ3n) is 2.88. The summed E-state index contributed by atoms with van der Waals surface area (Å²) in [7, 11) is 0. The van der Waals surface area contributed by atoms with Gasteiger partial charge in [-0.1, -0.05) is 23.2 Å². The maximum atomic E-state index is 6.20. The molecule has 0 radical (unpaired) electrons. The minimum Gasteiger partial charge on any atom is -0.437 e. The normalized spacial score (nSPS) is 11.1. The summed E-state index contributed by atoms with van der Waals surface area (Å²) in [6, 6.07) is 5.19. The summed E-state index contributed by atoms with van der Waals surface area (Å²) >= 11 is 12.2. The lowest BCUT2D eigenvalue weighted by Gasteiger charge is -2.06. The molecule has 0 spiro atoms. The number of pyridine rings is 1. The molecule has 6 heteroatoms. The molecule has 0 aliphatic rings. The molecule has 96 valence electrons. The Bertz CT molecular complexity index is 783. The van der Waals surface area contributed by atoms with Gasteiger partial charge < -0.3 is 15.9 Å². The highest BCUT2D eigenvalue weighted by molar-refractivity contribution is 6.35. The van der Waals surface area contributed by atoms with Gasteiger partial charge in [0, 0.05) is 27.4 Å². The standard InChI is InChI=1S/C13H9Cl2N3O/c14-6-1-2-9(15)7(3-6)8-4-18-5-10-11(8)12(16)13(17)19-10/h1-5H,16-17H2. The number of rotatable bonds is 1. The van der Waals surface area contributed by atoms with E-state index in [2.05, 4.69) is 4.98 Å². The molecule has 0 atom stereocenters. The van der Waals surface area contributed by atoms with Crippen molar-refractivity contribution < 1.29 is 4.42 Å². The van der Waals surface area contributed by atoms with Gasteiger partial charge in [-0.3, -0.25) is 4.98 Å². The zero-order valence-electron chi connectivity index (χ0n) is 9.65. The lowest BCUT2D eigenvalue weighted by atomic mass is 10.0. The minimum atomic E-state index is 0.169. The summed E-state index contributed by atoms with van der Waals surface area (Å²) in [4.78, 5) is 4.11. The van der Waals surface area contributed by atoms with Crippen molar-refractivity contribution in [3.63, 3.8) is 0 Å². The van der Waals surface area contributed by atoms with Crippen molar-refractivity contribution in [2.45, 2.75) is 0 Å². The van der Waals surface area contributed by atoms with E-state index in [1.54, 1.807) is 30.6 Å². The monoisotopic (exact) mass is 293 g/mol. The molecule has 0 fully saturated rings. The van der Waals surface area contributed by atoms with Gasteiger partial charge in [-0.25, -0.2) is 0 Å². The first kappa shape index (κ1) is 12.1. The lowest BCUT2D eigenvalue weighted by Crippen LogP contribution is -1.91. The molecule has 4 nitrogen and oxygen atoms in total. The lowest BCUT2D eigenvalue weighted by molar-refractivity contribution is 0.637. The van der Waals surface area contributed by atoms with Crippen molar-refractivity contribution in [3.8, 4) is 11.1 Å². The quantitative estimate of drug-likeness (QED) is 0.712. The van der Waals surface area contributed by atoms with Crippen LogP contribution in [0, 0.1) is 0 Å². The Hall–Kier alpha value is -1.91. The molecular formula is C13H9Cl2N3O. The van der Waals surface area contributed by atoms with Crippen LogP contribution in [-0.4, -0.2) is 4.98 Å². The summed E-state index contributed by atoms with van der Waals surface area (Å²) in [5.74, 6) is 0.169. The van der Waals surface area contributed by atoms with Crippen LogP contribution in [0.25, 0.3) is 22.1 Å². The Balaban J connectivity index is 2.39. The van der Waals surface area contributed by atoms with E-state index in [4.69, 9.17) is 39.1 Å². The molecule has 0 bridgehead atoms. The molecule has 0 unspecified atom stereocenters. The number of benzene rings is 1. The van der Waals surface area contributed by atoms with Crippen LogP contribution in [0.2, 0.25) is 10.0 Å². The number of fused-ring (bicyclic) bond motifs is 1. The number of hydrogen-bond acceptors (Lipinski definition) is 4. The second kappa shape index (κ2) is 4.33. The second-order valence-corrected chi connectivity index (χ2v) is 4.91. The third-order valence-corrected chi connectivity index (χ3v) is 3.45. The fourth-order valence-corrected chi connectivity index (χ4v) is 2.39. The molecule has 3 aromatic rings. The number of anilines is 2. The average molecular weight is 294 g/mol. The van der Waals surface area contributed by atoms with Gasteiger partial charge in [-0.15, -0.1) is 0 Å².